The minimum Gasteiger partial charge on any atom is -0.365 e. The minimum atomic E-state index is -3.45. The number of nitrogens with two attached hydrogens (primary N) is 1. The van der Waals surface area contributed by atoms with Crippen LogP contribution in [0, 0.1) is 11.6 Å². The van der Waals surface area contributed by atoms with E-state index >= 15 is 0 Å². The number of hydrogen-bond acceptors (Lipinski definition) is 4. The van der Waals surface area contributed by atoms with Gasteiger partial charge in [-0.15, -0.1) is 0 Å². The third-order valence-electron chi connectivity index (χ3n) is 4.38. The Morgan fingerprint density at radius 2 is 1.59 bits per heavy atom. The van der Waals surface area contributed by atoms with Crippen molar-refractivity contribution >= 4 is 56.1 Å². The molecule has 0 aliphatic carbocycles. The lowest BCUT2D eigenvalue weighted by atomic mass is 10.0. The summed E-state index contributed by atoms with van der Waals surface area (Å²) in [6, 6.07) is 12.9. The second-order valence-corrected chi connectivity index (χ2v) is 9.52. The molecule has 0 radical (unpaired) electrons. The molecule has 166 valence electrons. The molecular weight excluding hydrogens is 480 g/mol. The molecule has 3 aromatic carbocycles. The van der Waals surface area contributed by atoms with E-state index in [1.165, 1.54) is 24.3 Å². The van der Waals surface area contributed by atoms with Crippen LogP contribution in [0.2, 0.25) is 5.02 Å². The lowest BCUT2D eigenvalue weighted by Crippen LogP contribution is -2.19. The highest BCUT2D eigenvalue weighted by Gasteiger charge is 2.19. The number of hydrogen-bond donors (Lipinski definition) is 3. The van der Waals surface area contributed by atoms with Gasteiger partial charge in [0.2, 0.25) is 0 Å². The van der Waals surface area contributed by atoms with Crippen LogP contribution in [0.4, 0.5) is 20.2 Å². The van der Waals surface area contributed by atoms with E-state index in [2.05, 4.69) is 10.6 Å². The molecule has 0 aliphatic heterocycles. The third-order valence-corrected chi connectivity index (χ3v) is 6.16. The van der Waals surface area contributed by atoms with E-state index in [9.17, 15) is 22.0 Å². The second kappa shape index (κ2) is 9.19. The summed E-state index contributed by atoms with van der Waals surface area (Å²) in [5.41, 5.74) is 5.72. The van der Waals surface area contributed by atoms with Gasteiger partial charge in [-0.3, -0.25) is 4.79 Å². The Labute approximate surface area is 193 Å². The molecule has 0 fully saturated rings. The molecule has 32 heavy (non-hydrogen) atoms. The van der Waals surface area contributed by atoms with E-state index in [4.69, 9.17) is 29.6 Å². The van der Waals surface area contributed by atoms with E-state index in [-0.39, 0.29) is 20.6 Å². The number of carbonyl (C=O) groups is 1. The normalized spacial score (nSPS) is 11.1. The van der Waals surface area contributed by atoms with Crippen molar-refractivity contribution in [1.82, 2.24) is 0 Å². The summed E-state index contributed by atoms with van der Waals surface area (Å²) in [5, 5.41) is 6.05. The van der Waals surface area contributed by atoms with Gasteiger partial charge in [-0.05, 0) is 60.2 Å². The number of carbonyl (C=O) groups excluding carboxylic acids is 1. The first-order valence-electron chi connectivity index (χ1n) is 8.93. The Bertz CT molecular complexity index is 1330. The quantitative estimate of drug-likeness (QED) is 0.447. The maximum absolute atomic E-state index is 14.5. The SMILES string of the molecule is CS(=O)(=O)c1ccc(NC(=S)Nc2ccc(-c3ccc(F)c(C(N)=O)c3F)cc2)cc1Cl. The van der Waals surface area contributed by atoms with Gasteiger partial charge in [-0.25, -0.2) is 17.2 Å². The highest BCUT2D eigenvalue weighted by molar-refractivity contribution is 7.90. The fraction of sp³-hybridized carbons (Fsp3) is 0.0476. The Morgan fingerprint density at radius 1 is 1.00 bits per heavy atom. The predicted octanol–water partition coefficient (Wildman–Crippen LogP) is 4.60. The first kappa shape index (κ1) is 23.6. The van der Waals surface area contributed by atoms with E-state index in [1.807, 2.05) is 0 Å². The van der Waals surface area contributed by atoms with Crippen LogP contribution in [0.3, 0.4) is 0 Å². The van der Waals surface area contributed by atoms with Gasteiger partial charge >= 0.3 is 0 Å². The molecule has 0 bridgehead atoms. The Hall–Kier alpha value is -3.08. The van der Waals surface area contributed by atoms with E-state index in [0.29, 0.717) is 16.9 Å². The van der Waals surface area contributed by atoms with Crippen molar-refractivity contribution in [3.8, 4) is 11.1 Å². The van der Waals surface area contributed by atoms with Crippen LogP contribution >= 0.6 is 23.8 Å². The van der Waals surface area contributed by atoms with Crippen LogP contribution in [-0.2, 0) is 9.84 Å². The van der Waals surface area contributed by atoms with Crippen molar-refractivity contribution in [2.75, 3.05) is 16.9 Å². The fourth-order valence-electron chi connectivity index (χ4n) is 2.91. The molecule has 1 amide bonds. The van der Waals surface area contributed by atoms with Crippen LogP contribution in [0.25, 0.3) is 11.1 Å². The second-order valence-electron chi connectivity index (χ2n) is 6.72. The van der Waals surface area contributed by atoms with Crippen molar-refractivity contribution in [3.05, 3.63) is 76.8 Å². The maximum Gasteiger partial charge on any atom is 0.254 e. The number of nitrogens with one attached hydrogen (secondary N) is 2. The molecule has 3 rings (SSSR count). The zero-order valence-corrected chi connectivity index (χ0v) is 18.8. The molecule has 0 atom stereocenters. The predicted molar refractivity (Wildman–Crippen MR) is 125 cm³/mol. The number of amides is 1. The molecule has 4 N–H and O–H groups in total. The van der Waals surface area contributed by atoms with Crippen LogP contribution in [0.5, 0.6) is 0 Å². The smallest absolute Gasteiger partial charge is 0.254 e. The summed E-state index contributed by atoms with van der Waals surface area (Å²) in [5.74, 6) is -3.26. The number of primary amides is 1. The first-order valence-corrected chi connectivity index (χ1v) is 11.6. The van der Waals surface area contributed by atoms with Crippen LogP contribution in [-0.4, -0.2) is 25.7 Å². The van der Waals surface area contributed by atoms with Gasteiger partial charge in [-0.2, -0.15) is 0 Å². The topological polar surface area (TPSA) is 101 Å². The number of benzene rings is 3. The number of halogens is 3. The molecule has 0 spiro atoms. The fourth-order valence-corrected chi connectivity index (χ4v) is 4.47. The molecule has 0 saturated carbocycles. The standard InChI is InChI=1S/C21H16ClF2N3O3S2/c1-32(29,30)17-9-6-13(10-15(17)22)27-21(31)26-12-4-2-11(3-5-12)14-7-8-16(23)18(19(14)24)20(25)28/h2-10H,1H3,(H2,25,28)(H2,26,27,31). The first-order chi connectivity index (χ1) is 15.0. The molecule has 0 heterocycles. The molecule has 0 unspecified atom stereocenters. The summed E-state index contributed by atoms with van der Waals surface area (Å²) in [6.45, 7) is 0. The summed E-state index contributed by atoms with van der Waals surface area (Å²) in [6.07, 6.45) is 1.06. The van der Waals surface area contributed by atoms with Gasteiger partial charge in [0.05, 0.1) is 9.92 Å². The monoisotopic (exact) mass is 495 g/mol. The van der Waals surface area contributed by atoms with Gasteiger partial charge in [-0.1, -0.05) is 23.7 Å². The van der Waals surface area contributed by atoms with Crippen LogP contribution < -0.4 is 16.4 Å². The summed E-state index contributed by atoms with van der Waals surface area (Å²) in [4.78, 5) is 11.3. The molecule has 3 aromatic rings. The number of sulfone groups is 1. The van der Waals surface area contributed by atoms with E-state index in [0.717, 1.165) is 12.3 Å². The molecule has 0 aromatic heterocycles. The van der Waals surface area contributed by atoms with E-state index < -0.39 is 32.9 Å². The number of thiocarbonyl (C=S) groups is 1. The van der Waals surface area contributed by atoms with Crippen molar-refractivity contribution in [1.29, 1.82) is 0 Å². The Balaban J connectivity index is 1.74. The van der Waals surface area contributed by atoms with Crippen LogP contribution in [0.15, 0.2) is 59.5 Å². The van der Waals surface area contributed by atoms with Gasteiger partial charge in [0.25, 0.3) is 5.91 Å². The highest BCUT2D eigenvalue weighted by Crippen LogP contribution is 2.28. The van der Waals surface area contributed by atoms with Crippen molar-refractivity contribution in [2.45, 2.75) is 4.90 Å². The largest absolute Gasteiger partial charge is 0.365 e. The molecule has 11 heteroatoms. The Kier molecular flexibility index (Phi) is 6.77. The van der Waals surface area contributed by atoms with Crippen molar-refractivity contribution in [3.63, 3.8) is 0 Å². The average molecular weight is 496 g/mol. The third kappa shape index (κ3) is 5.21. The maximum atomic E-state index is 14.5. The lowest BCUT2D eigenvalue weighted by Gasteiger charge is -2.13. The van der Waals surface area contributed by atoms with Gasteiger partial charge in [0, 0.05) is 23.2 Å². The summed E-state index contributed by atoms with van der Waals surface area (Å²) >= 11 is 11.3. The molecular formula is C21H16ClF2N3O3S2. The highest BCUT2D eigenvalue weighted by atomic mass is 35.5. The minimum absolute atomic E-state index is 0.00621. The number of anilines is 2. The van der Waals surface area contributed by atoms with Gasteiger partial charge in [0.1, 0.15) is 17.2 Å². The lowest BCUT2D eigenvalue weighted by molar-refractivity contribution is 0.0992. The summed E-state index contributed by atoms with van der Waals surface area (Å²) < 4.78 is 51.5. The van der Waals surface area contributed by atoms with Crippen molar-refractivity contribution < 1.29 is 22.0 Å². The van der Waals surface area contributed by atoms with Gasteiger partial charge in [0.15, 0.2) is 14.9 Å². The van der Waals surface area contributed by atoms with Crippen molar-refractivity contribution in [2.24, 2.45) is 5.73 Å². The van der Waals surface area contributed by atoms with Crippen LogP contribution in [0.1, 0.15) is 10.4 Å². The van der Waals surface area contributed by atoms with E-state index in [1.54, 1.807) is 24.3 Å². The number of rotatable bonds is 5. The zero-order valence-electron chi connectivity index (χ0n) is 16.4. The molecule has 6 nitrogen and oxygen atoms in total. The Morgan fingerprint density at radius 3 is 2.16 bits per heavy atom. The zero-order chi connectivity index (χ0) is 23.6. The average Bonchev–Trinajstić information content (AvgIpc) is 2.67. The van der Waals surface area contributed by atoms with Gasteiger partial charge < -0.3 is 16.4 Å². The molecule has 0 saturated heterocycles. The summed E-state index contributed by atoms with van der Waals surface area (Å²) in [7, 11) is -3.45. The molecule has 0 aliphatic rings.